The first-order chi connectivity index (χ1) is 11.0. The van der Waals surface area contributed by atoms with E-state index in [9.17, 15) is 14.7 Å². The Morgan fingerprint density at radius 2 is 1.70 bits per heavy atom. The van der Waals surface area contributed by atoms with Gasteiger partial charge < -0.3 is 19.3 Å². The van der Waals surface area contributed by atoms with Crippen LogP contribution < -0.4 is 4.74 Å². The van der Waals surface area contributed by atoms with Crippen LogP contribution in [0.4, 0.5) is 0 Å². The predicted octanol–water partition coefficient (Wildman–Crippen LogP) is 2.54. The van der Waals surface area contributed by atoms with Crippen molar-refractivity contribution >= 4 is 11.9 Å². The highest BCUT2D eigenvalue weighted by atomic mass is 16.5. The fourth-order valence-electron chi connectivity index (χ4n) is 1.89. The molecular weight excluding hydrogens is 300 g/mol. The number of ether oxygens (including phenoxy) is 3. The molecule has 0 heterocycles. The van der Waals surface area contributed by atoms with Crippen molar-refractivity contribution in [1.29, 1.82) is 0 Å². The summed E-state index contributed by atoms with van der Waals surface area (Å²) in [5, 5.41) is 9.71. The maximum Gasteiger partial charge on any atom is 0.342 e. The van der Waals surface area contributed by atoms with Crippen LogP contribution in [0.3, 0.4) is 0 Å². The van der Waals surface area contributed by atoms with Crippen molar-refractivity contribution in [2.75, 3.05) is 14.2 Å². The van der Waals surface area contributed by atoms with Crippen LogP contribution in [0, 0.1) is 0 Å². The number of carbonyl (C=O) groups is 2. The van der Waals surface area contributed by atoms with E-state index in [0.29, 0.717) is 16.9 Å². The van der Waals surface area contributed by atoms with E-state index in [1.165, 1.54) is 32.4 Å². The van der Waals surface area contributed by atoms with Crippen LogP contribution in [0.1, 0.15) is 26.3 Å². The first kappa shape index (κ1) is 16.4. The van der Waals surface area contributed by atoms with Gasteiger partial charge in [-0.05, 0) is 35.9 Å². The number of esters is 2. The number of benzene rings is 2. The molecule has 0 amide bonds. The highest BCUT2D eigenvalue weighted by molar-refractivity contribution is 5.93. The Morgan fingerprint density at radius 1 is 1.00 bits per heavy atom. The van der Waals surface area contributed by atoms with Crippen LogP contribution in [0.25, 0.3) is 0 Å². The summed E-state index contributed by atoms with van der Waals surface area (Å²) < 4.78 is 14.8. The molecule has 1 N–H and O–H groups in total. The lowest BCUT2D eigenvalue weighted by Gasteiger charge is -2.08. The molecule has 0 bridgehead atoms. The van der Waals surface area contributed by atoms with Crippen molar-refractivity contribution in [3.63, 3.8) is 0 Å². The highest BCUT2D eigenvalue weighted by Gasteiger charge is 2.14. The number of aromatic hydroxyl groups is 1. The molecule has 6 nitrogen and oxygen atoms in total. The van der Waals surface area contributed by atoms with Gasteiger partial charge in [-0.3, -0.25) is 0 Å². The summed E-state index contributed by atoms with van der Waals surface area (Å²) in [6.07, 6.45) is 0. The molecule has 6 heteroatoms. The van der Waals surface area contributed by atoms with Gasteiger partial charge in [-0.1, -0.05) is 12.1 Å². The summed E-state index contributed by atoms with van der Waals surface area (Å²) in [5.41, 5.74) is 1.14. The largest absolute Gasteiger partial charge is 0.507 e. The third-order valence-electron chi connectivity index (χ3n) is 3.17. The number of rotatable bonds is 5. The van der Waals surface area contributed by atoms with Crippen LogP contribution in [-0.4, -0.2) is 31.3 Å². The van der Waals surface area contributed by atoms with E-state index in [2.05, 4.69) is 4.74 Å². The van der Waals surface area contributed by atoms with E-state index in [1.807, 2.05) is 0 Å². The van der Waals surface area contributed by atoms with Crippen LogP contribution in [0.2, 0.25) is 0 Å². The Kier molecular flexibility index (Phi) is 5.19. The number of hydrogen-bond donors (Lipinski definition) is 1. The van der Waals surface area contributed by atoms with Crippen molar-refractivity contribution in [3.8, 4) is 11.5 Å². The fourth-order valence-corrected chi connectivity index (χ4v) is 1.89. The van der Waals surface area contributed by atoms with E-state index in [4.69, 9.17) is 9.47 Å². The molecule has 0 atom stereocenters. The second kappa shape index (κ2) is 7.31. The molecule has 2 rings (SSSR count). The molecular formula is C17H16O6. The summed E-state index contributed by atoms with van der Waals surface area (Å²) in [4.78, 5) is 23.3. The van der Waals surface area contributed by atoms with Gasteiger partial charge in [-0.25, -0.2) is 9.59 Å². The monoisotopic (exact) mass is 316 g/mol. The van der Waals surface area contributed by atoms with Crippen molar-refractivity contribution in [3.05, 3.63) is 59.2 Å². The van der Waals surface area contributed by atoms with Gasteiger partial charge in [-0.15, -0.1) is 0 Å². The van der Waals surface area contributed by atoms with Gasteiger partial charge >= 0.3 is 11.9 Å². The Balaban J connectivity index is 2.03. The SMILES string of the molecule is COC(=O)c1ccc(COC(=O)c2cc(OC)ccc2O)cc1. The average Bonchev–Trinajstić information content (AvgIpc) is 2.59. The lowest BCUT2D eigenvalue weighted by atomic mass is 10.1. The van der Waals surface area contributed by atoms with Crippen LogP contribution in [-0.2, 0) is 16.1 Å². The van der Waals surface area contributed by atoms with Crippen molar-refractivity contribution in [1.82, 2.24) is 0 Å². The smallest absolute Gasteiger partial charge is 0.342 e. The third kappa shape index (κ3) is 4.00. The van der Waals surface area contributed by atoms with Crippen molar-refractivity contribution in [2.24, 2.45) is 0 Å². The molecule has 0 spiro atoms. The molecule has 23 heavy (non-hydrogen) atoms. The molecule has 0 aliphatic rings. The molecule has 0 saturated carbocycles. The Bertz CT molecular complexity index is 706. The second-order valence-corrected chi connectivity index (χ2v) is 4.65. The lowest BCUT2D eigenvalue weighted by Crippen LogP contribution is -2.06. The molecule has 0 aliphatic heterocycles. The van der Waals surface area contributed by atoms with E-state index in [0.717, 1.165) is 0 Å². The molecule has 0 unspecified atom stereocenters. The topological polar surface area (TPSA) is 82.1 Å². The standard InChI is InChI=1S/C17H16O6/c1-21-13-7-8-15(18)14(9-13)17(20)23-10-11-3-5-12(6-4-11)16(19)22-2/h3-9,18H,10H2,1-2H3. The predicted molar refractivity (Wildman–Crippen MR) is 81.6 cm³/mol. The number of methoxy groups -OCH3 is 2. The van der Waals surface area contributed by atoms with Gasteiger partial charge in [-0.2, -0.15) is 0 Å². The zero-order valence-electron chi connectivity index (χ0n) is 12.7. The zero-order chi connectivity index (χ0) is 16.8. The minimum atomic E-state index is -0.668. The molecule has 0 aliphatic carbocycles. The van der Waals surface area contributed by atoms with E-state index >= 15 is 0 Å². The molecule has 0 radical (unpaired) electrons. The van der Waals surface area contributed by atoms with Crippen LogP contribution >= 0.6 is 0 Å². The Hall–Kier alpha value is -3.02. The summed E-state index contributed by atoms with van der Waals surface area (Å²) in [6.45, 7) is 0.0108. The van der Waals surface area contributed by atoms with Crippen LogP contribution in [0.15, 0.2) is 42.5 Å². The number of hydrogen-bond acceptors (Lipinski definition) is 6. The Labute approximate surface area is 133 Å². The first-order valence-corrected chi connectivity index (χ1v) is 6.76. The molecule has 0 fully saturated rings. The van der Waals surface area contributed by atoms with Gasteiger partial charge in [0.1, 0.15) is 23.7 Å². The van der Waals surface area contributed by atoms with Crippen molar-refractivity contribution in [2.45, 2.75) is 6.61 Å². The number of phenolic OH excluding ortho intramolecular Hbond substituents is 1. The van der Waals surface area contributed by atoms with Gasteiger partial charge in [0.15, 0.2) is 0 Å². The quantitative estimate of drug-likeness (QED) is 0.854. The molecule has 2 aromatic carbocycles. The summed E-state index contributed by atoms with van der Waals surface area (Å²) >= 11 is 0. The fraction of sp³-hybridized carbons (Fsp3) is 0.176. The summed E-state index contributed by atoms with van der Waals surface area (Å²) in [6, 6.07) is 10.8. The van der Waals surface area contributed by atoms with Gasteiger partial charge in [0.2, 0.25) is 0 Å². The number of carbonyl (C=O) groups excluding carboxylic acids is 2. The normalized spacial score (nSPS) is 10.0. The second-order valence-electron chi connectivity index (χ2n) is 4.65. The van der Waals surface area contributed by atoms with E-state index < -0.39 is 11.9 Å². The van der Waals surface area contributed by atoms with Crippen molar-refractivity contribution < 1.29 is 28.9 Å². The average molecular weight is 316 g/mol. The third-order valence-corrected chi connectivity index (χ3v) is 3.17. The summed E-state index contributed by atoms with van der Waals surface area (Å²) in [5.74, 6) is -0.845. The first-order valence-electron chi connectivity index (χ1n) is 6.76. The van der Waals surface area contributed by atoms with Gasteiger partial charge in [0.05, 0.1) is 19.8 Å². The van der Waals surface area contributed by atoms with Gasteiger partial charge in [0, 0.05) is 0 Å². The maximum absolute atomic E-state index is 12.0. The van der Waals surface area contributed by atoms with E-state index in [1.54, 1.807) is 24.3 Å². The highest BCUT2D eigenvalue weighted by Crippen LogP contribution is 2.23. The molecule has 120 valence electrons. The van der Waals surface area contributed by atoms with E-state index in [-0.39, 0.29) is 17.9 Å². The minimum absolute atomic E-state index is 0.0108. The van der Waals surface area contributed by atoms with Crippen LogP contribution in [0.5, 0.6) is 11.5 Å². The maximum atomic E-state index is 12.0. The Morgan fingerprint density at radius 3 is 2.30 bits per heavy atom. The zero-order valence-corrected chi connectivity index (χ0v) is 12.7. The summed E-state index contributed by atoms with van der Waals surface area (Å²) in [7, 11) is 2.77. The lowest BCUT2D eigenvalue weighted by molar-refractivity contribution is 0.0467. The molecule has 0 saturated heterocycles. The molecule has 0 aromatic heterocycles. The number of phenols is 1. The molecule has 2 aromatic rings. The minimum Gasteiger partial charge on any atom is -0.507 e. The van der Waals surface area contributed by atoms with Gasteiger partial charge in [0.25, 0.3) is 0 Å².